The monoisotopic (exact) mass is 259 g/mol. The molecule has 2 rings (SSSR count). The Kier molecular flexibility index (Phi) is 4.49. The molecule has 100 valence electrons. The maximum atomic E-state index is 9.36. The molecule has 0 saturated carbocycles. The molecular weight excluding hydrogens is 242 g/mol. The van der Waals surface area contributed by atoms with Gasteiger partial charge in [-0.15, -0.1) is 0 Å². The molecule has 2 N–H and O–H groups in total. The Labute approximate surface area is 112 Å². The van der Waals surface area contributed by atoms with Crippen molar-refractivity contribution in [3.05, 3.63) is 53.9 Å². The number of aliphatic hydroxyl groups is 2. The molecule has 1 atom stereocenters. The highest BCUT2D eigenvalue weighted by Crippen LogP contribution is 2.22. The van der Waals surface area contributed by atoms with E-state index < -0.39 is 6.10 Å². The van der Waals surface area contributed by atoms with Gasteiger partial charge in [-0.3, -0.25) is 4.98 Å². The average molecular weight is 259 g/mol. The number of rotatable bonds is 5. The molecule has 19 heavy (non-hydrogen) atoms. The number of nitrogens with zero attached hydrogens (tertiary/aromatic N) is 1. The summed E-state index contributed by atoms with van der Waals surface area (Å²) in [6, 6.07) is 11.1. The van der Waals surface area contributed by atoms with Gasteiger partial charge < -0.3 is 14.9 Å². The summed E-state index contributed by atoms with van der Waals surface area (Å²) in [4.78, 5) is 4.11. The molecule has 4 nitrogen and oxygen atoms in total. The van der Waals surface area contributed by atoms with E-state index in [1.54, 1.807) is 25.3 Å². The molecule has 0 aliphatic rings. The van der Waals surface area contributed by atoms with Crippen LogP contribution in [0.5, 0.6) is 11.5 Å². The summed E-state index contributed by atoms with van der Waals surface area (Å²) in [6.45, 7) is 1.81. The molecule has 0 unspecified atom stereocenters. The van der Waals surface area contributed by atoms with Crippen LogP contribution in [0.3, 0.4) is 0 Å². The molecular formula is C15H17NO3. The van der Waals surface area contributed by atoms with E-state index in [4.69, 9.17) is 9.84 Å². The minimum atomic E-state index is -0.577. The molecule has 0 aliphatic carbocycles. The number of aliphatic hydroxyl groups excluding tert-OH is 2. The lowest BCUT2D eigenvalue weighted by molar-refractivity contribution is 0.194. The van der Waals surface area contributed by atoms with Crippen LogP contribution in [-0.4, -0.2) is 21.8 Å². The number of hydrogen-bond acceptors (Lipinski definition) is 4. The van der Waals surface area contributed by atoms with Crippen LogP contribution in [0.15, 0.2) is 42.6 Å². The fraction of sp³-hybridized carbons (Fsp3) is 0.267. The van der Waals surface area contributed by atoms with Gasteiger partial charge in [0.15, 0.2) is 0 Å². The largest absolute Gasteiger partial charge is 0.456 e. The van der Waals surface area contributed by atoms with E-state index in [1.165, 1.54) is 0 Å². The standard InChI is InChI=1S/C15H17NO3/c1-11(18)15-7-6-14(10-16-15)19-13-4-2-12(3-5-13)8-9-17/h2-7,10-11,17-18H,8-9H2,1H3/t11-/m1/s1. The number of ether oxygens (including phenoxy) is 1. The Hall–Kier alpha value is -1.91. The Balaban J connectivity index is 2.04. The van der Waals surface area contributed by atoms with Crippen molar-refractivity contribution < 1.29 is 14.9 Å². The first-order chi connectivity index (χ1) is 9.19. The van der Waals surface area contributed by atoms with Crippen molar-refractivity contribution in [3.63, 3.8) is 0 Å². The van der Waals surface area contributed by atoms with Gasteiger partial charge in [0.2, 0.25) is 0 Å². The zero-order valence-electron chi connectivity index (χ0n) is 10.8. The Bertz CT molecular complexity index is 506. The van der Waals surface area contributed by atoms with Gasteiger partial charge in [-0.1, -0.05) is 12.1 Å². The van der Waals surface area contributed by atoms with Crippen LogP contribution in [0.1, 0.15) is 24.3 Å². The van der Waals surface area contributed by atoms with E-state index in [-0.39, 0.29) is 6.61 Å². The van der Waals surface area contributed by atoms with Gasteiger partial charge in [0.1, 0.15) is 11.5 Å². The molecule has 2 aromatic rings. The second kappa shape index (κ2) is 6.31. The molecule has 1 aromatic heterocycles. The van der Waals surface area contributed by atoms with Crippen molar-refractivity contribution in [3.8, 4) is 11.5 Å². The number of pyridine rings is 1. The smallest absolute Gasteiger partial charge is 0.145 e. The summed E-state index contributed by atoms with van der Waals surface area (Å²) in [5, 5.41) is 18.2. The van der Waals surface area contributed by atoms with Gasteiger partial charge in [0.05, 0.1) is 18.0 Å². The van der Waals surface area contributed by atoms with E-state index in [1.807, 2.05) is 24.3 Å². The Morgan fingerprint density at radius 1 is 1.11 bits per heavy atom. The topological polar surface area (TPSA) is 62.6 Å². The van der Waals surface area contributed by atoms with Crippen LogP contribution in [0.2, 0.25) is 0 Å². The molecule has 0 amide bonds. The third kappa shape index (κ3) is 3.77. The number of benzene rings is 1. The minimum absolute atomic E-state index is 0.144. The van der Waals surface area contributed by atoms with E-state index in [0.29, 0.717) is 23.6 Å². The van der Waals surface area contributed by atoms with Gasteiger partial charge in [-0.05, 0) is 43.2 Å². The lowest BCUT2D eigenvalue weighted by Crippen LogP contribution is -1.95. The van der Waals surface area contributed by atoms with Crippen LogP contribution in [0.4, 0.5) is 0 Å². The second-order valence-electron chi connectivity index (χ2n) is 4.31. The van der Waals surface area contributed by atoms with Gasteiger partial charge in [-0.2, -0.15) is 0 Å². The highest BCUT2D eigenvalue weighted by molar-refractivity contribution is 5.32. The lowest BCUT2D eigenvalue weighted by Gasteiger charge is -2.08. The lowest BCUT2D eigenvalue weighted by atomic mass is 10.1. The molecule has 0 saturated heterocycles. The van der Waals surface area contributed by atoms with Crippen LogP contribution >= 0.6 is 0 Å². The van der Waals surface area contributed by atoms with E-state index in [0.717, 1.165) is 5.56 Å². The van der Waals surface area contributed by atoms with Crippen LogP contribution in [-0.2, 0) is 6.42 Å². The molecule has 0 spiro atoms. The van der Waals surface area contributed by atoms with Crippen molar-refractivity contribution in [2.24, 2.45) is 0 Å². The first-order valence-corrected chi connectivity index (χ1v) is 6.20. The molecule has 0 bridgehead atoms. The summed E-state index contributed by atoms with van der Waals surface area (Å²) >= 11 is 0. The fourth-order valence-electron chi connectivity index (χ4n) is 1.69. The molecule has 0 fully saturated rings. The molecule has 1 aromatic carbocycles. The van der Waals surface area contributed by atoms with Crippen LogP contribution in [0, 0.1) is 0 Å². The first-order valence-electron chi connectivity index (χ1n) is 6.20. The minimum Gasteiger partial charge on any atom is -0.456 e. The SMILES string of the molecule is C[C@@H](O)c1ccc(Oc2ccc(CCO)cc2)cn1. The summed E-state index contributed by atoms with van der Waals surface area (Å²) in [5.41, 5.74) is 1.68. The highest BCUT2D eigenvalue weighted by atomic mass is 16.5. The number of hydrogen-bond donors (Lipinski definition) is 2. The van der Waals surface area contributed by atoms with Gasteiger partial charge >= 0.3 is 0 Å². The molecule has 4 heteroatoms. The third-order valence-electron chi connectivity index (χ3n) is 2.75. The maximum Gasteiger partial charge on any atom is 0.145 e. The van der Waals surface area contributed by atoms with E-state index in [2.05, 4.69) is 4.98 Å². The molecule has 0 radical (unpaired) electrons. The summed E-state index contributed by atoms with van der Waals surface area (Å²) in [7, 11) is 0. The van der Waals surface area contributed by atoms with Crippen LogP contribution in [0.25, 0.3) is 0 Å². The van der Waals surface area contributed by atoms with Gasteiger partial charge in [0, 0.05) is 6.61 Å². The zero-order chi connectivity index (χ0) is 13.7. The summed E-state index contributed by atoms with van der Waals surface area (Å²) in [5.74, 6) is 1.34. The Morgan fingerprint density at radius 2 is 1.79 bits per heavy atom. The fourth-order valence-corrected chi connectivity index (χ4v) is 1.69. The first kappa shape index (κ1) is 13.5. The van der Waals surface area contributed by atoms with Crippen molar-refractivity contribution in [2.45, 2.75) is 19.4 Å². The second-order valence-corrected chi connectivity index (χ2v) is 4.31. The maximum absolute atomic E-state index is 9.36. The molecule has 0 aliphatic heterocycles. The summed E-state index contributed by atoms with van der Waals surface area (Å²) in [6.07, 6.45) is 1.65. The highest BCUT2D eigenvalue weighted by Gasteiger charge is 2.03. The van der Waals surface area contributed by atoms with Gasteiger partial charge in [0.25, 0.3) is 0 Å². The average Bonchev–Trinajstić information content (AvgIpc) is 2.42. The van der Waals surface area contributed by atoms with Crippen LogP contribution < -0.4 is 4.74 Å². The molecule has 1 heterocycles. The predicted octanol–water partition coefficient (Wildman–Crippen LogP) is 2.46. The summed E-state index contributed by atoms with van der Waals surface area (Å²) < 4.78 is 5.64. The van der Waals surface area contributed by atoms with Crippen molar-refractivity contribution in [1.29, 1.82) is 0 Å². The van der Waals surface area contributed by atoms with Crippen molar-refractivity contribution in [1.82, 2.24) is 4.98 Å². The zero-order valence-corrected chi connectivity index (χ0v) is 10.8. The van der Waals surface area contributed by atoms with E-state index >= 15 is 0 Å². The third-order valence-corrected chi connectivity index (χ3v) is 2.75. The normalized spacial score (nSPS) is 12.2. The van der Waals surface area contributed by atoms with Gasteiger partial charge in [-0.25, -0.2) is 0 Å². The quantitative estimate of drug-likeness (QED) is 0.865. The Morgan fingerprint density at radius 3 is 2.32 bits per heavy atom. The predicted molar refractivity (Wildman–Crippen MR) is 72.2 cm³/mol. The number of aromatic nitrogens is 1. The van der Waals surface area contributed by atoms with E-state index in [9.17, 15) is 5.11 Å². The van der Waals surface area contributed by atoms with Crippen molar-refractivity contribution in [2.75, 3.05) is 6.61 Å². The van der Waals surface area contributed by atoms with Crippen molar-refractivity contribution >= 4 is 0 Å².